The third-order valence-electron chi connectivity index (χ3n) is 9.32. The molecule has 2 amide bonds. The summed E-state index contributed by atoms with van der Waals surface area (Å²) in [4.78, 5) is 20.2. The Morgan fingerprint density at radius 2 is 1.79 bits per heavy atom. The lowest BCUT2D eigenvalue weighted by atomic mass is 9.67. The molecule has 2 saturated carbocycles. The van der Waals surface area contributed by atoms with E-state index in [0.29, 0.717) is 32.7 Å². The Bertz CT molecular complexity index is 864. The zero-order chi connectivity index (χ0) is 24.0. The van der Waals surface area contributed by atoms with E-state index in [0.717, 1.165) is 51.4 Å². The Kier molecular flexibility index (Phi) is 6.42. The predicted octanol–water partition coefficient (Wildman–Crippen LogP) is 3.15. The van der Waals surface area contributed by atoms with Crippen LogP contribution in [-0.2, 0) is 10.3 Å². The van der Waals surface area contributed by atoms with Crippen LogP contribution >= 0.6 is 0 Å². The van der Waals surface area contributed by atoms with Crippen LogP contribution in [0.4, 0.5) is 4.79 Å². The molecule has 2 heterocycles. The van der Waals surface area contributed by atoms with Crippen LogP contribution in [0.3, 0.4) is 0 Å². The summed E-state index contributed by atoms with van der Waals surface area (Å²) < 4.78 is 5.31. The first-order chi connectivity index (χ1) is 16.3. The van der Waals surface area contributed by atoms with E-state index in [-0.39, 0.29) is 23.0 Å². The van der Waals surface area contributed by atoms with Gasteiger partial charge in [0.1, 0.15) is 0 Å². The first kappa shape index (κ1) is 24.0. The molecule has 7 nitrogen and oxygen atoms in total. The summed E-state index contributed by atoms with van der Waals surface area (Å²) in [5, 5.41) is 21.0. The number of β-amino-alcohol motifs (C(OH)–C–C–N with tert-alkyl or cyclic N) is 1. The second-order valence-electron chi connectivity index (χ2n) is 11.6. The molecule has 34 heavy (non-hydrogen) atoms. The van der Waals surface area contributed by atoms with E-state index < -0.39 is 11.9 Å². The predicted molar refractivity (Wildman–Crippen MR) is 130 cm³/mol. The second kappa shape index (κ2) is 9.08. The number of benzene rings is 1. The quantitative estimate of drug-likeness (QED) is 0.667. The number of amides is 2. The Labute approximate surface area is 203 Å². The van der Waals surface area contributed by atoms with Gasteiger partial charge in [0.05, 0.1) is 24.3 Å². The summed E-state index contributed by atoms with van der Waals surface area (Å²) in [6, 6.07) is 10.8. The second-order valence-corrected chi connectivity index (χ2v) is 11.6. The smallest absolute Gasteiger partial charge is 0.320 e. The van der Waals surface area contributed by atoms with Gasteiger partial charge in [-0.2, -0.15) is 0 Å². The van der Waals surface area contributed by atoms with Gasteiger partial charge in [-0.25, -0.2) is 4.79 Å². The first-order valence-corrected chi connectivity index (χ1v) is 13.1. The van der Waals surface area contributed by atoms with Crippen LogP contribution in [0, 0.1) is 5.92 Å². The standard InChI is InChI=1S/C27H41N3O4/c1-28(2)27(22-7-4-3-5-8-22)14-12-25(13-15-27)19-29(18-21-9-16-34-23(31)17-21)24(32)30(25)20-26(33)10-6-11-26/h3-5,7-8,21,23,31,33H,6,9-20H2,1-2H3. The molecule has 188 valence electrons. The fourth-order valence-electron chi connectivity index (χ4n) is 6.92. The molecule has 2 saturated heterocycles. The molecule has 0 aromatic heterocycles. The summed E-state index contributed by atoms with van der Waals surface area (Å²) in [6.07, 6.45) is 7.14. The average Bonchev–Trinajstić information content (AvgIpc) is 3.04. The minimum absolute atomic E-state index is 0.0349. The van der Waals surface area contributed by atoms with Gasteiger partial charge in [0.15, 0.2) is 6.29 Å². The molecule has 1 spiro atoms. The maximum Gasteiger partial charge on any atom is 0.320 e. The highest BCUT2D eigenvalue weighted by Crippen LogP contribution is 2.50. The Morgan fingerprint density at radius 3 is 2.38 bits per heavy atom. The van der Waals surface area contributed by atoms with Gasteiger partial charge in [0.2, 0.25) is 0 Å². The van der Waals surface area contributed by atoms with E-state index in [1.807, 2.05) is 9.80 Å². The van der Waals surface area contributed by atoms with E-state index in [2.05, 4.69) is 49.3 Å². The van der Waals surface area contributed by atoms with E-state index in [1.165, 1.54) is 5.56 Å². The van der Waals surface area contributed by atoms with Crippen molar-refractivity contribution in [3.05, 3.63) is 35.9 Å². The van der Waals surface area contributed by atoms with E-state index >= 15 is 0 Å². The maximum atomic E-state index is 13.8. The largest absolute Gasteiger partial charge is 0.388 e. The lowest BCUT2D eigenvalue weighted by Crippen LogP contribution is -2.59. The fourth-order valence-corrected chi connectivity index (χ4v) is 6.92. The summed E-state index contributed by atoms with van der Waals surface area (Å²) >= 11 is 0. The van der Waals surface area contributed by atoms with E-state index in [9.17, 15) is 15.0 Å². The minimum atomic E-state index is -0.733. The molecule has 2 aliphatic heterocycles. The number of carbonyl (C=O) groups excluding carboxylic acids is 1. The molecule has 7 heteroatoms. The average molecular weight is 472 g/mol. The van der Waals surface area contributed by atoms with Crippen LogP contribution in [0.2, 0.25) is 0 Å². The number of aliphatic hydroxyl groups is 2. The Hall–Kier alpha value is -1.67. The van der Waals surface area contributed by atoms with E-state index in [1.54, 1.807) is 0 Å². The molecule has 1 aromatic carbocycles. The lowest BCUT2D eigenvalue weighted by Gasteiger charge is -2.52. The highest BCUT2D eigenvalue weighted by molar-refractivity contribution is 5.78. The van der Waals surface area contributed by atoms with Crippen LogP contribution in [0.1, 0.15) is 63.4 Å². The maximum absolute atomic E-state index is 13.8. The lowest BCUT2D eigenvalue weighted by molar-refractivity contribution is -0.139. The highest BCUT2D eigenvalue weighted by atomic mass is 16.6. The summed E-state index contributed by atoms with van der Waals surface area (Å²) in [7, 11) is 4.34. The molecule has 2 N–H and O–H groups in total. The van der Waals surface area contributed by atoms with Crippen molar-refractivity contribution in [3.8, 4) is 0 Å². The van der Waals surface area contributed by atoms with Gasteiger partial charge in [0.25, 0.3) is 0 Å². The molecule has 4 aliphatic rings. The minimum Gasteiger partial charge on any atom is -0.388 e. The van der Waals surface area contributed by atoms with E-state index in [4.69, 9.17) is 4.74 Å². The normalized spacial score (nSPS) is 35.7. The van der Waals surface area contributed by atoms with Crippen molar-refractivity contribution in [1.29, 1.82) is 0 Å². The van der Waals surface area contributed by atoms with Crippen molar-refractivity contribution in [3.63, 3.8) is 0 Å². The van der Waals surface area contributed by atoms with Gasteiger partial charge < -0.3 is 24.7 Å². The topological polar surface area (TPSA) is 76.5 Å². The van der Waals surface area contributed by atoms with Gasteiger partial charge in [-0.05, 0) is 76.9 Å². The number of aliphatic hydroxyl groups excluding tert-OH is 1. The third-order valence-corrected chi connectivity index (χ3v) is 9.32. The van der Waals surface area contributed by atoms with Gasteiger partial charge in [-0.1, -0.05) is 30.3 Å². The molecule has 4 fully saturated rings. The first-order valence-electron chi connectivity index (χ1n) is 13.1. The Morgan fingerprint density at radius 1 is 1.09 bits per heavy atom. The van der Waals surface area contributed by atoms with Gasteiger partial charge in [-0.15, -0.1) is 0 Å². The summed E-state index contributed by atoms with van der Waals surface area (Å²) in [5.41, 5.74) is 0.340. The summed E-state index contributed by atoms with van der Waals surface area (Å²) in [6.45, 7) is 2.37. The summed E-state index contributed by atoms with van der Waals surface area (Å²) in [5.74, 6) is 0.255. The molecular formula is C27H41N3O4. The molecule has 2 atom stereocenters. The molecule has 2 aliphatic carbocycles. The molecule has 0 bridgehead atoms. The van der Waals surface area contributed by atoms with Crippen molar-refractivity contribution in [2.75, 3.05) is 40.3 Å². The number of hydrogen-bond donors (Lipinski definition) is 2. The van der Waals surface area contributed by atoms with Crippen molar-refractivity contribution < 1.29 is 19.7 Å². The van der Waals surface area contributed by atoms with Crippen LogP contribution in [0.5, 0.6) is 0 Å². The zero-order valence-corrected chi connectivity index (χ0v) is 20.8. The molecule has 5 rings (SSSR count). The van der Waals surface area contributed by atoms with Gasteiger partial charge in [0, 0.05) is 25.0 Å². The fraction of sp³-hybridized carbons (Fsp3) is 0.741. The SMILES string of the molecule is CN(C)C1(c2ccccc2)CCC2(CC1)CN(CC1CCOC(O)C1)C(=O)N2CC1(O)CCC1. The Balaban J connectivity index is 1.38. The van der Waals surface area contributed by atoms with Crippen molar-refractivity contribution in [2.24, 2.45) is 5.92 Å². The van der Waals surface area contributed by atoms with Crippen molar-refractivity contribution in [2.45, 2.75) is 80.8 Å². The number of carbonyl (C=O) groups is 1. The molecular weight excluding hydrogens is 430 g/mol. The van der Waals surface area contributed by atoms with Crippen LogP contribution in [-0.4, -0.2) is 88.7 Å². The third kappa shape index (κ3) is 4.25. The highest BCUT2D eigenvalue weighted by Gasteiger charge is 2.56. The van der Waals surface area contributed by atoms with Crippen molar-refractivity contribution >= 4 is 6.03 Å². The monoisotopic (exact) mass is 471 g/mol. The van der Waals surface area contributed by atoms with Gasteiger partial charge >= 0.3 is 6.03 Å². The molecule has 2 unspecified atom stereocenters. The van der Waals surface area contributed by atoms with Gasteiger partial charge in [-0.3, -0.25) is 4.90 Å². The van der Waals surface area contributed by atoms with Crippen LogP contribution in [0.15, 0.2) is 30.3 Å². The number of nitrogens with zero attached hydrogens (tertiary/aromatic N) is 3. The molecule has 1 aromatic rings. The van der Waals surface area contributed by atoms with Crippen molar-refractivity contribution in [1.82, 2.24) is 14.7 Å². The zero-order valence-electron chi connectivity index (χ0n) is 20.8. The van der Waals surface area contributed by atoms with Crippen LogP contribution in [0.25, 0.3) is 0 Å². The number of hydrogen-bond acceptors (Lipinski definition) is 5. The molecule has 0 radical (unpaired) electrons. The number of ether oxygens (including phenoxy) is 1. The number of rotatable bonds is 6. The number of urea groups is 1. The van der Waals surface area contributed by atoms with Crippen LogP contribution < -0.4 is 0 Å².